The number of aromatic nitrogens is 3. The fourth-order valence-corrected chi connectivity index (χ4v) is 4.61. The van der Waals surface area contributed by atoms with Crippen molar-refractivity contribution in [2.24, 2.45) is 14.1 Å². The summed E-state index contributed by atoms with van der Waals surface area (Å²) in [6.07, 6.45) is -0.0390. The van der Waals surface area contributed by atoms with E-state index in [0.717, 1.165) is 10.1 Å². The second-order valence-corrected chi connectivity index (χ2v) is 8.67. The van der Waals surface area contributed by atoms with Crippen molar-refractivity contribution < 1.29 is 4.79 Å². The molecule has 2 heterocycles. The van der Waals surface area contributed by atoms with Crippen LogP contribution < -0.4 is 16.6 Å². The van der Waals surface area contributed by atoms with Crippen molar-refractivity contribution in [3.8, 4) is 11.3 Å². The first-order valence-corrected chi connectivity index (χ1v) is 10.8. The normalized spacial score (nSPS) is 11.1. The van der Waals surface area contributed by atoms with Crippen molar-refractivity contribution in [1.82, 2.24) is 14.1 Å². The molecular formula is C21H16Cl2N4O3S. The average molecular weight is 475 g/mol. The number of thiazole rings is 1. The number of aryl methyl sites for hydroxylation is 1. The van der Waals surface area contributed by atoms with Gasteiger partial charge < -0.3 is 5.32 Å². The van der Waals surface area contributed by atoms with Crippen LogP contribution in [0.5, 0.6) is 0 Å². The SMILES string of the molecule is Cn1c(=O)c2c(CC(=O)Nc3nc(-c4cc(Cl)cc(Cl)c4)cs3)cccc2n(C)c1=O. The fourth-order valence-electron chi connectivity index (χ4n) is 3.34. The van der Waals surface area contributed by atoms with Gasteiger partial charge in [-0.3, -0.25) is 18.7 Å². The smallest absolute Gasteiger partial charge is 0.302 e. The van der Waals surface area contributed by atoms with E-state index in [1.165, 1.54) is 23.0 Å². The summed E-state index contributed by atoms with van der Waals surface area (Å²) < 4.78 is 2.42. The van der Waals surface area contributed by atoms with E-state index in [4.69, 9.17) is 23.2 Å². The number of halogens is 2. The predicted octanol–water partition coefficient (Wildman–Crippen LogP) is 3.85. The summed E-state index contributed by atoms with van der Waals surface area (Å²) in [6, 6.07) is 10.2. The van der Waals surface area contributed by atoms with Crippen LogP contribution in [0.2, 0.25) is 10.0 Å². The lowest BCUT2D eigenvalue weighted by Gasteiger charge is -2.10. The minimum atomic E-state index is -0.434. The van der Waals surface area contributed by atoms with Crippen LogP contribution in [0.4, 0.5) is 5.13 Å². The highest BCUT2D eigenvalue weighted by Crippen LogP contribution is 2.29. The molecule has 0 bridgehead atoms. The minimum absolute atomic E-state index is 0.0390. The zero-order chi connectivity index (χ0) is 22.3. The topological polar surface area (TPSA) is 86.0 Å². The van der Waals surface area contributed by atoms with Gasteiger partial charge in [0.15, 0.2) is 5.13 Å². The molecule has 0 atom stereocenters. The first-order chi connectivity index (χ1) is 14.7. The summed E-state index contributed by atoms with van der Waals surface area (Å²) in [4.78, 5) is 41.9. The Labute approximate surface area is 190 Å². The molecule has 7 nitrogen and oxygen atoms in total. The summed E-state index contributed by atoms with van der Waals surface area (Å²) >= 11 is 13.4. The molecule has 0 saturated carbocycles. The van der Waals surface area contributed by atoms with E-state index in [-0.39, 0.29) is 12.3 Å². The maximum atomic E-state index is 12.7. The first-order valence-electron chi connectivity index (χ1n) is 9.14. The van der Waals surface area contributed by atoms with E-state index in [1.54, 1.807) is 48.8 Å². The molecule has 0 aliphatic rings. The number of nitrogens with zero attached hydrogens (tertiary/aromatic N) is 3. The molecule has 31 heavy (non-hydrogen) atoms. The van der Waals surface area contributed by atoms with Gasteiger partial charge in [-0.05, 0) is 29.8 Å². The van der Waals surface area contributed by atoms with Gasteiger partial charge in [-0.1, -0.05) is 35.3 Å². The molecule has 0 spiro atoms. The van der Waals surface area contributed by atoms with Crippen molar-refractivity contribution >= 4 is 56.5 Å². The van der Waals surface area contributed by atoms with Crippen LogP contribution in [-0.2, 0) is 25.3 Å². The van der Waals surface area contributed by atoms with E-state index < -0.39 is 11.2 Å². The third-order valence-electron chi connectivity index (χ3n) is 4.84. The maximum absolute atomic E-state index is 12.7. The number of carbonyl (C=O) groups is 1. The van der Waals surface area contributed by atoms with Gasteiger partial charge in [0.1, 0.15) is 0 Å². The molecular weight excluding hydrogens is 459 g/mol. The van der Waals surface area contributed by atoms with Crippen LogP contribution in [0, 0.1) is 0 Å². The van der Waals surface area contributed by atoms with Gasteiger partial charge >= 0.3 is 5.69 Å². The highest BCUT2D eigenvalue weighted by Gasteiger charge is 2.15. The zero-order valence-electron chi connectivity index (χ0n) is 16.5. The second kappa shape index (κ2) is 8.30. The standard InChI is InChI=1S/C21H16Cl2N4O3S/c1-26-16-5-3-4-11(18(16)19(29)27(2)21(26)30)8-17(28)25-20-24-15(10-31-20)12-6-13(22)9-14(23)7-12/h3-7,9-10H,8H2,1-2H3,(H,24,25,28). The number of hydrogen-bond donors (Lipinski definition) is 1. The molecule has 0 radical (unpaired) electrons. The number of hydrogen-bond acceptors (Lipinski definition) is 5. The summed E-state index contributed by atoms with van der Waals surface area (Å²) in [5.74, 6) is -0.326. The van der Waals surface area contributed by atoms with E-state index in [2.05, 4.69) is 10.3 Å². The monoisotopic (exact) mass is 474 g/mol. The van der Waals surface area contributed by atoms with Gasteiger partial charge in [0, 0.05) is 35.1 Å². The summed E-state index contributed by atoms with van der Waals surface area (Å²) in [6.45, 7) is 0. The Morgan fingerprint density at radius 2 is 1.81 bits per heavy atom. The molecule has 4 rings (SSSR count). The Morgan fingerprint density at radius 3 is 2.52 bits per heavy atom. The number of benzene rings is 2. The van der Waals surface area contributed by atoms with Crippen LogP contribution in [0.15, 0.2) is 51.4 Å². The second-order valence-electron chi connectivity index (χ2n) is 6.94. The Bertz CT molecular complexity index is 1440. The molecule has 1 N–H and O–H groups in total. The van der Waals surface area contributed by atoms with Gasteiger partial charge in [0.05, 0.1) is 23.0 Å². The average Bonchev–Trinajstić information content (AvgIpc) is 3.18. The lowest BCUT2D eigenvalue weighted by Crippen LogP contribution is -2.37. The maximum Gasteiger partial charge on any atom is 0.330 e. The number of amides is 1. The number of rotatable bonds is 4. The van der Waals surface area contributed by atoms with Gasteiger partial charge in [-0.2, -0.15) is 0 Å². The van der Waals surface area contributed by atoms with Crippen molar-refractivity contribution in [2.45, 2.75) is 6.42 Å². The van der Waals surface area contributed by atoms with Crippen LogP contribution in [0.3, 0.4) is 0 Å². The minimum Gasteiger partial charge on any atom is -0.302 e. The van der Waals surface area contributed by atoms with Gasteiger partial charge in [-0.15, -0.1) is 11.3 Å². The van der Waals surface area contributed by atoms with Crippen molar-refractivity contribution in [3.05, 3.63) is 78.2 Å². The molecule has 0 aliphatic carbocycles. The van der Waals surface area contributed by atoms with Gasteiger partial charge in [-0.25, -0.2) is 9.78 Å². The van der Waals surface area contributed by atoms with E-state index >= 15 is 0 Å². The number of carbonyl (C=O) groups excluding carboxylic acids is 1. The molecule has 10 heteroatoms. The zero-order valence-corrected chi connectivity index (χ0v) is 18.8. The van der Waals surface area contributed by atoms with Crippen LogP contribution in [-0.4, -0.2) is 20.0 Å². The lowest BCUT2D eigenvalue weighted by molar-refractivity contribution is -0.115. The summed E-state index contributed by atoms with van der Waals surface area (Å²) in [5, 5.41) is 6.30. The van der Waals surface area contributed by atoms with E-state index in [0.29, 0.717) is 37.3 Å². The first kappa shape index (κ1) is 21.3. The van der Waals surface area contributed by atoms with Crippen molar-refractivity contribution in [1.29, 1.82) is 0 Å². The molecule has 0 saturated heterocycles. The number of fused-ring (bicyclic) bond motifs is 1. The molecule has 2 aromatic carbocycles. The number of anilines is 1. The van der Waals surface area contributed by atoms with Crippen molar-refractivity contribution in [3.63, 3.8) is 0 Å². The van der Waals surface area contributed by atoms with Gasteiger partial charge in [0.25, 0.3) is 5.56 Å². The quantitative estimate of drug-likeness (QED) is 0.486. The fraction of sp³-hybridized carbons (Fsp3) is 0.143. The molecule has 0 fully saturated rings. The Balaban J connectivity index is 1.61. The largest absolute Gasteiger partial charge is 0.330 e. The molecule has 0 unspecified atom stereocenters. The van der Waals surface area contributed by atoms with Crippen LogP contribution >= 0.6 is 34.5 Å². The Morgan fingerprint density at radius 1 is 1.10 bits per heavy atom. The van der Waals surface area contributed by atoms with E-state index in [9.17, 15) is 14.4 Å². The van der Waals surface area contributed by atoms with Crippen LogP contribution in [0.25, 0.3) is 22.2 Å². The molecule has 0 aliphatic heterocycles. The predicted molar refractivity (Wildman–Crippen MR) is 124 cm³/mol. The van der Waals surface area contributed by atoms with E-state index in [1.807, 2.05) is 0 Å². The van der Waals surface area contributed by atoms with Crippen molar-refractivity contribution in [2.75, 3.05) is 5.32 Å². The highest BCUT2D eigenvalue weighted by molar-refractivity contribution is 7.14. The Kier molecular flexibility index (Phi) is 5.70. The van der Waals surface area contributed by atoms with Gasteiger partial charge in [0.2, 0.25) is 5.91 Å². The third-order valence-corrected chi connectivity index (χ3v) is 6.04. The molecule has 4 aromatic rings. The summed E-state index contributed by atoms with van der Waals surface area (Å²) in [5.41, 5.74) is 1.54. The third kappa shape index (κ3) is 4.14. The number of nitrogens with one attached hydrogen (secondary N) is 1. The molecule has 158 valence electrons. The Hall–Kier alpha value is -2.94. The van der Waals surface area contributed by atoms with Crippen LogP contribution in [0.1, 0.15) is 5.56 Å². The molecule has 2 aromatic heterocycles. The molecule has 1 amide bonds. The summed E-state index contributed by atoms with van der Waals surface area (Å²) in [7, 11) is 3.01. The lowest BCUT2D eigenvalue weighted by atomic mass is 10.1. The highest BCUT2D eigenvalue weighted by atomic mass is 35.5.